The number of rotatable bonds is 6. The highest BCUT2D eigenvalue weighted by Crippen LogP contribution is 2.35. The van der Waals surface area contributed by atoms with Crippen LogP contribution in [0.4, 0.5) is 0 Å². The molecule has 2 fully saturated rings. The van der Waals surface area contributed by atoms with Gasteiger partial charge in [-0.25, -0.2) is 0 Å². The van der Waals surface area contributed by atoms with Crippen molar-refractivity contribution in [1.29, 1.82) is 0 Å². The fourth-order valence-corrected chi connectivity index (χ4v) is 4.13. The molecule has 1 amide bonds. The van der Waals surface area contributed by atoms with Crippen LogP contribution in [0.2, 0.25) is 0 Å². The summed E-state index contributed by atoms with van der Waals surface area (Å²) >= 11 is 0. The summed E-state index contributed by atoms with van der Waals surface area (Å²) in [5, 5.41) is 9.17. The lowest BCUT2D eigenvalue weighted by Gasteiger charge is -2.39. The number of amides is 1. The molecule has 0 aliphatic heterocycles. The summed E-state index contributed by atoms with van der Waals surface area (Å²) in [5.41, 5.74) is 1.18. The second kappa shape index (κ2) is 8.03. The number of carbonyl (C=O) groups excluding carboxylic acids is 1. The zero-order chi connectivity index (χ0) is 17.8. The minimum absolute atomic E-state index is 0.0122. The first-order chi connectivity index (χ1) is 12.1. The zero-order valence-electron chi connectivity index (χ0n) is 15.1. The van der Waals surface area contributed by atoms with Gasteiger partial charge < -0.3 is 10.0 Å². The molecule has 3 rings (SSSR count). The Balaban J connectivity index is 1.70. The number of hydrogen-bond donors (Lipinski definition) is 1. The summed E-state index contributed by atoms with van der Waals surface area (Å²) in [5.74, 6) is -0.134. The van der Waals surface area contributed by atoms with Gasteiger partial charge in [0.25, 0.3) is 0 Å². The van der Waals surface area contributed by atoms with Gasteiger partial charge in [0.2, 0.25) is 5.91 Å². The van der Waals surface area contributed by atoms with E-state index in [-0.39, 0.29) is 23.8 Å². The SMILES string of the molecule is CC(c1ccccc1)N(CC1CCC1)C(=O)C1CCC(C(=O)O)CC1. The Morgan fingerprint density at radius 1 is 1.04 bits per heavy atom. The van der Waals surface area contributed by atoms with E-state index in [2.05, 4.69) is 24.0 Å². The normalized spacial score (nSPS) is 25.0. The summed E-state index contributed by atoms with van der Waals surface area (Å²) in [4.78, 5) is 26.5. The van der Waals surface area contributed by atoms with Crippen LogP contribution in [0, 0.1) is 17.8 Å². The van der Waals surface area contributed by atoms with Gasteiger partial charge in [-0.05, 0) is 56.9 Å². The lowest BCUT2D eigenvalue weighted by molar-refractivity contribution is -0.146. The van der Waals surface area contributed by atoms with Crippen molar-refractivity contribution in [2.75, 3.05) is 6.54 Å². The van der Waals surface area contributed by atoms with Crippen LogP contribution >= 0.6 is 0 Å². The molecule has 4 nitrogen and oxygen atoms in total. The molecule has 2 aliphatic rings. The molecule has 1 unspecified atom stereocenters. The van der Waals surface area contributed by atoms with E-state index in [0.717, 1.165) is 6.54 Å². The Hall–Kier alpha value is -1.84. The molecule has 2 aliphatic carbocycles. The van der Waals surface area contributed by atoms with E-state index in [1.54, 1.807) is 0 Å². The minimum Gasteiger partial charge on any atom is -0.481 e. The largest absolute Gasteiger partial charge is 0.481 e. The molecule has 0 heterocycles. The lowest BCUT2D eigenvalue weighted by Crippen LogP contribution is -2.43. The molecule has 1 aromatic rings. The van der Waals surface area contributed by atoms with Gasteiger partial charge in [-0.1, -0.05) is 36.8 Å². The van der Waals surface area contributed by atoms with Crippen LogP contribution in [0.1, 0.15) is 63.5 Å². The van der Waals surface area contributed by atoms with Crippen LogP contribution < -0.4 is 0 Å². The average molecular weight is 343 g/mol. The standard InChI is InChI=1S/C21H29NO3/c1-15(17-8-3-2-4-9-17)22(14-16-6-5-7-16)20(23)18-10-12-19(13-11-18)21(24)25/h2-4,8-9,15-16,18-19H,5-7,10-14H2,1H3,(H,24,25). The third-order valence-corrected chi connectivity index (χ3v) is 6.14. The van der Waals surface area contributed by atoms with Gasteiger partial charge in [-0.3, -0.25) is 9.59 Å². The first-order valence-electron chi connectivity index (χ1n) is 9.64. The Morgan fingerprint density at radius 3 is 2.16 bits per heavy atom. The molecule has 4 heteroatoms. The third kappa shape index (κ3) is 4.23. The number of aliphatic carboxylic acids is 1. The Morgan fingerprint density at radius 2 is 1.64 bits per heavy atom. The first-order valence-corrected chi connectivity index (χ1v) is 9.64. The van der Waals surface area contributed by atoms with Crippen LogP contribution in [0.25, 0.3) is 0 Å². The van der Waals surface area contributed by atoms with Crippen LogP contribution in [0.5, 0.6) is 0 Å². The van der Waals surface area contributed by atoms with Gasteiger partial charge in [0.1, 0.15) is 0 Å². The number of carboxylic acid groups (broad SMARTS) is 1. The van der Waals surface area contributed by atoms with Crippen molar-refractivity contribution in [3.8, 4) is 0 Å². The number of carbonyl (C=O) groups is 2. The van der Waals surface area contributed by atoms with E-state index in [1.807, 2.05) is 18.2 Å². The molecule has 2 saturated carbocycles. The van der Waals surface area contributed by atoms with Crippen molar-refractivity contribution in [2.45, 2.75) is 57.9 Å². The molecule has 0 bridgehead atoms. The molecular formula is C21H29NO3. The maximum Gasteiger partial charge on any atom is 0.306 e. The van der Waals surface area contributed by atoms with Gasteiger partial charge in [-0.15, -0.1) is 0 Å². The van der Waals surface area contributed by atoms with Crippen LogP contribution in [-0.2, 0) is 9.59 Å². The molecule has 0 saturated heterocycles. The highest BCUT2D eigenvalue weighted by molar-refractivity contribution is 5.80. The maximum absolute atomic E-state index is 13.2. The zero-order valence-corrected chi connectivity index (χ0v) is 15.1. The molecule has 1 atom stereocenters. The first kappa shape index (κ1) is 18.0. The Bertz CT molecular complexity index is 588. The molecular weight excluding hydrogens is 314 g/mol. The molecule has 1 aromatic carbocycles. The highest BCUT2D eigenvalue weighted by atomic mass is 16.4. The van der Waals surface area contributed by atoms with Crippen molar-refractivity contribution in [2.24, 2.45) is 17.8 Å². The molecule has 0 aromatic heterocycles. The van der Waals surface area contributed by atoms with Gasteiger partial charge >= 0.3 is 5.97 Å². The highest BCUT2D eigenvalue weighted by Gasteiger charge is 2.35. The van der Waals surface area contributed by atoms with E-state index in [1.165, 1.54) is 24.8 Å². The van der Waals surface area contributed by atoms with Crippen molar-refractivity contribution < 1.29 is 14.7 Å². The fourth-order valence-electron chi connectivity index (χ4n) is 4.13. The minimum atomic E-state index is -0.713. The summed E-state index contributed by atoms with van der Waals surface area (Å²) in [6.45, 7) is 2.96. The van der Waals surface area contributed by atoms with E-state index in [9.17, 15) is 14.7 Å². The van der Waals surface area contributed by atoms with Crippen LogP contribution in [0.15, 0.2) is 30.3 Å². The Labute approximate surface area is 150 Å². The topological polar surface area (TPSA) is 57.6 Å². The smallest absolute Gasteiger partial charge is 0.306 e. The lowest BCUT2D eigenvalue weighted by atomic mass is 9.80. The van der Waals surface area contributed by atoms with Crippen LogP contribution in [-0.4, -0.2) is 28.4 Å². The quantitative estimate of drug-likeness (QED) is 0.839. The predicted molar refractivity (Wildman–Crippen MR) is 97.0 cm³/mol. The number of nitrogens with zero attached hydrogens (tertiary/aromatic N) is 1. The van der Waals surface area contributed by atoms with Gasteiger partial charge in [0, 0.05) is 12.5 Å². The predicted octanol–water partition coefficient (Wildman–Crippen LogP) is 4.27. The summed E-state index contributed by atoms with van der Waals surface area (Å²) in [7, 11) is 0. The fraction of sp³-hybridized carbons (Fsp3) is 0.619. The van der Waals surface area contributed by atoms with E-state index in [0.29, 0.717) is 31.6 Å². The summed E-state index contributed by atoms with van der Waals surface area (Å²) in [6.07, 6.45) is 6.38. The molecule has 0 radical (unpaired) electrons. The second-order valence-corrected chi connectivity index (χ2v) is 7.76. The number of hydrogen-bond acceptors (Lipinski definition) is 2. The van der Waals surface area contributed by atoms with E-state index < -0.39 is 5.97 Å². The molecule has 25 heavy (non-hydrogen) atoms. The average Bonchev–Trinajstić information content (AvgIpc) is 2.61. The summed E-state index contributed by atoms with van der Waals surface area (Å²) in [6, 6.07) is 10.3. The van der Waals surface area contributed by atoms with Gasteiger partial charge in [0.05, 0.1) is 12.0 Å². The molecule has 136 valence electrons. The Kier molecular flexibility index (Phi) is 5.77. The third-order valence-electron chi connectivity index (χ3n) is 6.14. The van der Waals surface area contributed by atoms with Crippen molar-refractivity contribution in [3.05, 3.63) is 35.9 Å². The van der Waals surface area contributed by atoms with Gasteiger partial charge in [0.15, 0.2) is 0 Å². The maximum atomic E-state index is 13.2. The van der Waals surface area contributed by atoms with E-state index in [4.69, 9.17) is 0 Å². The number of carboxylic acids is 1. The van der Waals surface area contributed by atoms with Gasteiger partial charge in [-0.2, -0.15) is 0 Å². The molecule has 0 spiro atoms. The van der Waals surface area contributed by atoms with Crippen molar-refractivity contribution in [1.82, 2.24) is 4.90 Å². The van der Waals surface area contributed by atoms with Crippen molar-refractivity contribution >= 4 is 11.9 Å². The van der Waals surface area contributed by atoms with E-state index >= 15 is 0 Å². The molecule has 1 N–H and O–H groups in total. The second-order valence-electron chi connectivity index (χ2n) is 7.76. The monoisotopic (exact) mass is 343 g/mol. The van der Waals surface area contributed by atoms with Crippen LogP contribution in [0.3, 0.4) is 0 Å². The summed E-state index contributed by atoms with van der Waals surface area (Å²) < 4.78 is 0. The van der Waals surface area contributed by atoms with Crippen molar-refractivity contribution in [3.63, 3.8) is 0 Å². The number of benzene rings is 1.